The van der Waals surface area contributed by atoms with Crippen LogP contribution in [-0.2, 0) is 29.5 Å². The van der Waals surface area contributed by atoms with Crippen LogP contribution in [0.15, 0.2) is 57.9 Å². The van der Waals surface area contributed by atoms with E-state index >= 15 is 0 Å². The molecule has 0 saturated carbocycles. The van der Waals surface area contributed by atoms with Crippen LogP contribution in [-0.4, -0.2) is 18.6 Å². The van der Waals surface area contributed by atoms with E-state index in [1.54, 1.807) is 38.1 Å². The Morgan fingerprint density at radius 2 is 1.81 bits per heavy atom. The molecule has 0 saturated heterocycles. The van der Waals surface area contributed by atoms with Crippen LogP contribution in [0.3, 0.4) is 0 Å². The lowest BCUT2D eigenvalue weighted by atomic mass is 9.95. The molecular weight excluding hydrogens is 510 g/mol. The van der Waals surface area contributed by atoms with Crippen molar-refractivity contribution in [1.82, 2.24) is 10.1 Å². The predicted molar refractivity (Wildman–Crippen MR) is 144 cm³/mol. The van der Waals surface area contributed by atoms with Gasteiger partial charge in [0, 0.05) is 44.7 Å². The Hall–Kier alpha value is -3.36. The van der Waals surface area contributed by atoms with Gasteiger partial charge in [0.05, 0.1) is 10.6 Å². The number of benzene rings is 2. The van der Waals surface area contributed by atoms with E-state index in [0.29, 0.717) is 34.0 Å². The molecule has 2 aromatic carbocycles. The highest BCUT2D eigenvalue weighted by Gasteiger charge is 2.24. The number of nitrogens with one attached hydrogen (secondary N) is 1. The van der Waals surface area contributed by atoms with Crippen molar-refractivity contribution in [2.45, 2.75) is 58.0 Å². The lowest BCUT2D eigenvalue weighted by molar-refractivity contribution is 0.300. The zero-order valence-corrected chi connectivity index (χ0v) is 22.5. The molecule has 37 heavy (non-hydrogen) atoms. The van der Waals surface area contributed by atoms with Gasteiger partial charge in [0.25, 0.3) is 10.0 Å². The van der Waals surface area contributed by atoms with Gasteiger partial charge in [0.1, 0.15) is 12.4 Å². The van der Waals surface area contributed by atoms with Crippen molar-refractivity contribution in [2.75, 3.05) is 4.72 Å². The number of halogens is 1. The van der Waals surface area contributed by atoms with Crippen LogP contribution >= 0.6 is 11.6 Å². The second-order valence-electron chi connectivity index (χ2n) is 9.32. The Balaban J connectivity index is 1.40. The first-order chi connectivity index (χ1) is 17.7. The predicted octanol–water partition coefficient (Wildman–Crippen LogP) is 6.57. The standard InChI is InChI=1S/C28H28ClN3O4S/c1-17-14-26(23-9-4-6-10-25(23)30-17)35-16-20-12-13-21(24(29)15-20)22-8-5-7-11-27(22)37(33,34)32-28-18(2)19(3)31-36-28/h5,7-8,11-15,32H,4,6,9-10,16H2,1-3H3. The molecule has 0 bridgehead atoms. The Morgan fingerprint density at radius 3 is 2.57 bits per heavy atom. The van der Waals surface area contributed by atoms with Crippen LogP contribution in [0.4, 0.5) is 5.88 Å². The summed E-state index contributed by atoms with van der Waals surface area (Å²) >= 11 is 6.69. The Morgan fingerprint density at radius 1 is 1.03 bits per heavy atom. The summed E-state index contributed by atoms with van der Waals surface area (Å²) < 4.78 is 40.4. The van der Waals surface area contributed by atoms with Gasteiger partial charge in [-0.3, -0.25) is 4.98 Å². The maximum Gasteiger partial charge on any atom is 0.264 e. The van der Waals surface area contributed by atoms with E-state index in [1.165, 1.54) is 5.56 Å². The fourth-order valence-corrected chi connectivity index (χ4v) is 6.14. The Bertz CT molecular complexity index is 1580. The molecule has 1 aliphatic carbocycles. The zero-order chi connectivity index (χ0) is 26.2. The first kappa shape index (κ1) is 25.3. The Kier molecular flexibility index (Phi) is 6.96. The van der Waals surface area contributed by atoms with Crippen LogP contribution in [0.2, 0.25) is 5.02 Å². The molecule has 192 valence electrons. The summed E-state index contributed by atoms with van der Waals surface area (Å²) in [6.07, 6.45) is 4.26. The molecule has 0 atom stereocenters. The van der Waals surface area contributed by atoms with Crippen molar-refractivity contribution in [1.29, 1.82) is 0 Å². The summed E-state index contributed by atoms with van der Waals surface area (Å²) in [5.41, 5.74) is 6.52. The number of nitrogens with zero attached hydrogens (tertiary/aromatic N) is 2. The van der Waals surface area contributed by atoms with E-state index in [1.807, 2.05) is 31.2 Å². The SMILES string of the molecule is Cc1cc(OCc2ccc(-c3ccccc3S(=O)(=O)Nc3onc(C)c3C)c(Cl)c2)c2c(n1)CCCC2. The van der Waals surface area contributed by atoms with E-state index in [9.17, 15) is 8.42 Å². The van der Waals surface area contributed by atoms with Gasteiger partial charge in [-0.05, 0) is 64.2 Å². The quantitative estimate of drug-likeness (QED) is 0.286. The number of fused-ring (bicyclic) bond motifs is 1. The molecule has 4 aromatic rings. The maximum absolute atomic E-state index is 13.3. The maximum atomic E-state index is 13.3. The van der Waals surface area contributed by atoms with Crippen LogP contribution < -0.4 is 9.46 Å². The lowest BCUT2D eigenvalue weighted by Gasteiger charge is -2.20. The second-order valence-corrected chi connectivity index (χ2v) is 11.4. The molecule has 0 fully saturated rings. The lowest BCUT2D eigenvalue weighted by Crippen LogP contribution is -2.14. The minimum absolute atomic E-state index is 0.0910. The van der Waals surface area contributed by atoms with Crippen molar-refractivity contribution in [2.24, 2.45) is 0 Å². The number of aromatic nitrogens is 2. The molecule has 0 spiro atoms. The number of pyridine rings is 1. The highest BCUT2D eigenvalue weighted by Crippen LogP contribution is 2.35. The van der Waals surface area contributed by atoms with Gasteiger partial charge in [0.2, 0.25) is 5.88 Å². The van der Waals surface area contributed by atoms with Crippen molar-refractivity contribution < 1.29 is 17.7 Å². The third kappa shape index (κ3) is 5.22. The Labute approximate surface area is 221 Å². The van der Waals surface area contributed by atoms with Gasteiger partial charge in [-0.1, -0.05) is 47.1 Å². The first-order valence-electron chi connectivity index (χ1n) is 12.2. The summed E-state index contributed by atoms with van der Waals surface area (Å²) in [4.78, 5) is 4.78. The van der Waals surface area contributed by atoms with Crippen LogP contribution in [0, 0.1) is 20.8 Å². The first-order valence-corrected chi connectivity index (χ1v) is 14.0. The second kappa shape index (κ2) is 10.2. The van der Waals surface area contributed by atoms with E-state index in [2.05, 4.69) is 14.9 Å². The molecule has 9 heteroatoms. The van der Waals surface area contributed by atoms with Crippen LogP contribution in [0.1, 0.15) is 46.6 Å². The molecular formula is C28H28ClN3O4S. The third-order valence-corrected chi connectivity index (χ3v) is 8.37. The molecule has 7 nitrogen and oxygen atoms in total. The summed E-state index contributed by atoms with van der Waals surface area (Å²) in [6, 6.07) is 14.3. The number of rotatable bonds is 7. The third-order valence-electron chi connectivity index (χ3n) is 6.67. The molecule has 2 heterocycles. The molecule has 1 aliphatic rings. The average Bonchev–Trinajstić information content (AvgIpc) is 3.19. The number of hydrogen-bond acceptors (Lipinski definition) is 6. The van der Waals surface area contributed by atoms with Crippen molar-refractivity contribution in [3.05, 3.63) is 87.3 Å². The molecule has 5 rings (SSSR count). The fourth-order valence-electron chi connectivity index (χ4n) is 4.57. The molecule has 0 unspecified atom stereocenters. The number of sulfonamides is 1. The van der Waals surface area contributed by atoms with Gasteiger partial charge < -0.3 is 9.26 Å². The normalized spacial score (nSPS) is 13.3. The topological polar surface area (TPSA) is 94.3 Å². The van der Waals surface area contributed by atoms with Gasteiger partial charge >= 0.3 is 0 Å². The zero-order valence-electron chi connectivity index (χ0n) is 21.0. The summed E-state index contributed by atoms with van der Waals surface area (Å²) in [7, 11) is -3.96. The highest BCUT2D eigenvalue weighted by atomic mass is 35.5. The molecule has 0 radical (unpaired) electrons. The largest absolute Gasteiger partial charge is 0.488 e. The van der Waals surface area contributed by atoms with Gasteiger partial charge in [-0.25, -0.2) is 13.1 Å². The molecule has 2 aromatic heterocycles. The van der Waals surface area contributed by atoms with Crippen molar-refractivity contribution in [3.8, 4) is 16.9 Å². The van der Waals surface area contributed by atoms with Crippen molar-refractivity contribution in [3.63, 3.8) is 0 Å². The van der Waals surface area contributed by atoms with Gasteiger partial charge in [-0.15, -0.1) is 0 Å². The van der Waals surface area contributed by atoms with E-state index in [4.69, 9.17) is 20.9 Å². The summed E-state index contributed by atoms with van der Waals surface area (Å²) in [5, 5.41) is 4.26. The number of hydrogen-bond donors (Lipinski definition) is 1. The van der Waals surface area contributed by atoms with Crippen LogP contribution in [0.25, 0.3) is 11.1 Å². The average molecular weight is 538 g/mol. The summed E-state index contributed by atoms with van der Waals surface area (Å²) in [6.45, 7) is 5.83. The number of anilines is 1. The van der Waals surface area contributed by atoms with Gasteiger partial charge in [-0.2, -0.15) is 0 Å². The number of aryl methyl sites for hydroxylation is 3. The molecule has 1 N–H and O–H groups in total. The van der Waals surface area contributed by atoms with E-state index in [0.717, 1.165) is 48.4 Å². The fraction of sp³-hybridized carbons (Fsp3) is 0.286. The molecule has 0 amide bonds. The number of ether oxygens (including phenoxy) is 1. The van der Waals surface area contributed by atoms with Gasteiger partial charge in [0.15, 0.2) is 0 Å². The minimum atomic E-state index is -3.96. The smallest absolute Gasteiger partial charge is 0.264 e. The van der Waals surface area contributed by atoms with Crippen molar-refractivity contribution >= 4 is 27.5 Å². The van der Waals surface area contributed by atoms with E-state index in [-0.39, 0.29) is 10.8 Å². The van der Waals surface area contributed by atoms with E-state index < -0.39 is 10.0 Å². The monoisotopic (exact) mass is 537 g/mol. The summed E-state index contributed by atoms with van der Waals surface area (Å²) in [5.74, 6) is 0.974. The van der Waals surface area contributed by atoms with Crippen LogP contribution in [0.5, 0.6) is 5.75 Å². The minimum Gasteiger partial charge on any atom is -0.488 e. The highest BCUT2D eigenvalue weighted by molar-refractivity contribution is 7.92. The molecule has 0 aliphatic heterocycles.